The minimum Gasteiger partial charge on any atom is -0.507 e. The molecule has 0 bridgehead atoms. The molecule has 4 rings (SSSR count). The predicted molar refractivity (Wildman–Crippen MR) is 95.1 cm³/mol. The molecule has 4 nitrogen and oxygen atoms in total. The molecular weight excluding hydrogens is 350 g/mol. The summed E-state index contributed by atoms with van der Waals surface area (Å²) in [5.41, 5.74) is 1.52. The standard InChI is InChI=1S/C16H11NO3S3/c18-9-6-7-10(19)14-13(9)21-16(22-14)15-12(20)11(17-23-15)8-4-2-1-3-5-8/h1-7,12,18-20H. The van der Waals surface area contributed by atoms with Crippen molar-refractivity contribution in [2.75, 3.05) is 0 Å². The van der Waals surface area contributed by atoms with Crippen LogP contribution in [-0.2, 0) is 0 Å². The van der Waals surface area contributed by atoms with Crippen LogP contribution in [0.3, 0.4) is 0 Å². The first-order valence-electron chi connectivity index (χ1n) is 6.78. The van der Waals surface area contributed by atoms with Crippen LogP contribution in [0.15, 0.2) is 65.8 Å². The van der Waals surface area contributed by atoms with Crippen molar-refractivity contribution in [2.24, 2.45) is 4.40 Å². The summed E-state index contributed by atoms with van der Waals surface area (Å²) < 4.78 is 5.23. The van der Waals surface area contributed by atoms with Crippen LogP contribution in [0.25, 0.3) is 0 Å². The summed E-state index contributed by atoms with van der Waals surface area (Å²) in [4.78, 5) is 1.98. The zero-order valence-electron chi connectivity index (χ0n) is 11.6. The normalized spacial score (nSPS) is 19.9. The average molecular weight is 361 g/mol. The fourth-order valence-corrected chi connectivity index (χ4v) is 5.95. The lowest BCUT2D eigenvalue weighted by molar-refractivity contribution is 0.288. The van der Waals surface area contributed by atoms with E-state index in [1.165, 1.54) is 47.6 Å². The van der Waals surface area contributed by atoms with E-state index in [4.69, 9.17) is 0 Å². The summed E-state index contributed by atoms with van der Waals surface area (Å²) in [5.74, 6) is 0.264. The maximum absolute atomic E-state index is 10.6. The highest BCUT2D eigenvalue weighted by atomic mass is 32.2. The molecule has 3 N–H and O–H groups in total. The Morgan fingerprint density at radius 3 is 2.09 bits per heavy atom. The van der Waals surface area contributed by atoms with Gasteiger partial charge >= 0.3 is 0 Å². The number of benzene rings is 2. The second-order valence-corrected chi connectivity index (χ2v) is 8.06. The zero-order valence-corrected chi connectivity index (χ0v) is 14.1. The van der Waals surface area contributed by atoms with Gasteiger partial charge in [0, 0.05) is 11.9 Å². The third-order valence-electron chi connectivity index (χ3n) is 3.48. The molecule has 116 valence electrons. The van der Waals surface area contributed by atoms with Crippen molar-refractivity contribution in [2.45, 2.75) is 15.9 Å². The maximum atomic E-state index is 10.6. The summed E-state index contributed by atoms with van der Waals surface area (Å²) >= 11 is 3.95. The number of rotatable bonds is 1. The fraction of sp³-hybridized carbons (Fsp3) is 0.0625. The Morgan fingerprint density at radius 2 is 1.48 bits per heavy atom. The zero-order chi connectivity index (χ0) is 16.0. The highest BCUT2D eigenvalue weighted by molar-refractivity contribution is 8.25. The molecule has 0 saturated heterocycles. The van der Waals surface area contributed by atoms with Gasteiger partial charge in [-0.2, -0.15) is 0 Å². The molecule has 0 aliphatic carbocycles. The van der Waals surface area contributed by atoms with E-state index in [1.807, 2.05) is 30.3 Å². The highest BCUT2D eigenvalue weighted by Crippen LogP contribution is 2.60. The lowest BCUT2D eigenvalue weighted by Gasteiger charge is -2.09. The van der Waals surface area contributed by atoms with Crippen molar-refractivity contribution < 1.29 is 15.3 Å². The third-order valence-corrected chi connectivity index (χ3v) is 7.33. The van der Waals surface area contributed by atoms with Gasteiger partial charge in [-0.3, -0.25) is 0 Å². The van der Waals surface area contributed by atoms with Gasteiger partial charge in [-0.15, -0.1) is 0 Å². The minimum absolute atomic E-state index is 0.132. The van der Waals surface area contributed by atoms with Crippen LogP contribution in [0, 0.1) is 0 Å². The van der Waals surface area contributed by atoms with Crippen LogP contribution in [0.2, 0.25) is 0 Å². The minimum atomic E-state index is -0.795. The van der Waals surface area contributed by atoms with Gasteiger partial charge in [-0.1, -0.05) is 53.9 Å². The van der Waals surface area contributed by atoms with Gasteiger partial charge in [-0.05, 0) is 17.7 Å². The number of hydrogen-bond acceptors (Lipinski definition) is 7. The number of aliphatic hydroxyl groups excluding tert-OH is 1. The number of hydrogen-bond donors (Lipinski definition) is 3. The molecule has 2 aromatic carbocycles. The Balaban J connectivity index is 1.68. The summed E-state index contributed by atoms with van der Waals surface area (Å²) in [6, 6.07) is 12.5. The van der Waals surface area contributed by atoms with E-state index >= 15 is 0 Å². The largest absolute Gasteiger partial charge is 0.507 e. The second-order valence-electron chi connectivity index (χ2n) is 4.95. The Kier molecular flexibility index (Phi) is 3.81. The van der Waals surface area contributed by atoms with E-state index in [0.29, 0.717) is 15.5 Å². The molecule has 2 heterocycles. The maximum Gasteiger partial charge on any atom is 0.131 e. The third kappa shape index (κ3) is 2.53. The Hall–Kier alpha value is -1.54. The van der Waals surface area contributed by atoms with Gasteiger partial charge in [0.1, 0.15) is 17.6 Å². The first-order chi connectivity index (χ1) is 11.1. The summed E-state index contributed by atoms with van der Waals surface area (Å²) in [6.45, 7) is 0. The molecule has 0 aromatic heterocycles. The monoisotopic (exact) mass is 361 g/mol. The first-order valence-corrected chi connectivity index (χ1v) is 9.19. The van der Waals surface area contributed by atoms with Crippen molar-refractivity contribution in [1.29, 1.82) is 0 Å². The summed E-state index contributed by atoms with van der Waals surface area (Å²) in [5, 5.41) is 30.5. The van der Waals surface area contributed by atoms with Gasteiger partial charge in [0.2, 0.25) is 0 Å². The van der Waals surface area contributed by atoms with Gasteiger partial charge in [0.25, 0.3) is 0 Å². The van der Waals surface area contributed by atoms with E-state index in [0.717, 1.165) is 14.7 Å². The second kappa shape index (κ2) is 5.83. The molecular formula is C16H11NO3S3. The van der Waals surface area contributed by atoms with Gasteiger partial charge < -0.3 is 15.3 Å². The van der Waals surface area contributed by atoms with Crippen LogP contribution < -0.4 is 0 Å². The van der Waals surface area contributed by atoms with Crippen molar-refractivity contribution in [1.82, 2.24) is 0 Å². The first kappa shape index (κ1) is 15.0. The van der Waals surface area contributed by atoms with Crippen LogP contribution in [-0.4, -0.2) is 27.1 Å². The van der Waals surface area contributed by atoms with E-state index < -0.39 is 6.10 Å². The number of thioether (sulfide) groups is 2. The molecule has 0 spiro atoms. The SMILES string of the molecule is Oc1ccc(O)c2c1SC(=C1SN=C(c3ccccc3)C1O)S2. The molecule has 2 aromatic rings. The van der Waals surface area contributed by atoms with E-state index in [-0.39, 0.29) is 11.5 Å². The Bertz CT molecular complexity index is 816. The quantitative estimate of drug-likeness (QED) is 0.527. The van der Waals surface area contributed by atoms with E-state index in [9.17, 15) is 15.3 Å². The Morgan fingerprint density at radius 1 is 0.870 bits per heavy atom. The smallest absolute Gasteiger partial charge is 0.131 e. The number of nitrogens with zero attached hydrogens (tertiary/aromatic N) is 1. The molecule has 2 aliphatic rings. The van der Waals surface area contributed by atoms with E-state index in [1.54, 1.807) is 0 Å². The van der Waals surface area contributed by atoms with Crippen molar-refractivity contribution >= 4 is 41.2 Å². The average Bonchev–Trinajstić information content (AvgIpc) is 3.16. The van der Waals surface area contributed by atoms with Crippen LogP contribution in [0.5, 0.6) is 11.5 Å². The lowest BCUT2D eigenvalue weighted by Crippen LogP contribution is -2.18. The van der Waals surface area contributed by atoms with E-state index in [2.05, 4.69) is 4.40 Å². The van der Waals surface area contributed by atoms with Crippen molar-refractivity contribution in [3.8, 4) is 11.5 Å². The van der Waals surface area contributed by atoms with Crippen molar-refractivity contribution in [3.63, 3.8) is 0 Å². The van der Waals surface area contributed by atoms with Gasteiger partial charge in [-0.25, -0.2) is 4.40 Å². The predicted octanol–water partition coefficient (Wildman–Crippen LogP) is 3.98. The molecule has 0 radical (unpaired) electrons. The summed E-state index contributed by atoms with van der Waals surface area (Å²) in [6.07, 6.45) is -0.795. The molecule has 0 fully saturated rings. The van der Waals surface area contributed by atoms with Crippen molar-refractivity contribution in [3.05, 3.63) is 57.2 Å². The molecule has 1 atom stereocenters. The number of aromatic hydroxyl groups is 2. The number of aliphatic hydroxyl groups is 1. The van der Waals surface area contributed by atoms with Crippen LogP contribution in [0.1, 0.15) is 5.56 Å². The van der Waals surface area contributed by atoms with Crippen LogP contribution in [0.4, 0.5) is 0 Å². The molecule has 0 amide bonds. The lowest BCUT2D eigenvalue weighted by atomic mass is 10.1. The molecule has 2 aliphatic heterocycles. The molecule has 0 saturated carbocycles. The number of fused-ring (bicyclic) bond motifs is 1. The van der Waals surface area contributed by atoms with Gasteiger partial charge in [0.05, 0.1) is 24.6 Å². The molecule has 1 unspecified atom stereocenters. The summed E-state index contributed by atoms with van der Waals surface area (Å²) in [7, 11) is 0. The molecule has 7 heteroatoms. The highest BCUT2D eigenvalue weighted by Gasteiger charge is 2.34. The van der Waals surface area contributed by atoms with Gasteiger partial charge in [0.15, 0.2) is 0 Å². The topological polar surface area (TPSA) is 73.0 Å². The number of phenolic OH excluding ortho intramolecular Hbond substituents is 2. The Labute approximate surface area is 145 Å². The molecule has 23 heavy (non-hydrogen) atoms. The number of phenols is 2. The van der Waals surface area contributed by atoms with Crippen LogP contribution >= 0.6 is 35.5 Å². The fourth-order valence-electron chi connectivity index (χ4n) is 2.34.